The van der Waals surface area contributed by atoms with Gasteiger partial charge in [-0.2, -0.15) is 5.10 Å². The number of aryl methyl sites for hydroxylation is 1. The molecule has 1 atom stereocenters. The van der Waals surface area contributed by atoms with Gasteiger partial charge in [-0.1, -0.05) is 41.9 Å². The number of nitrogens with one attached hydrogen (secondary N) is 1. The lowest BCUT2D eigenvalue weighted by molar-refractivity contribution is 0.0907. The number of hydrogen-bond acceptors (Lipinski definition) is 4. The van der Waals surface area contributed by atoms with Crippen molar-refractivity contribution in [3.05, 3.63) is 82.1 Å². The predicted octanol–water partition coefficient (Wildman–Crippen LogP) is 3.86. The maximum Gasteiger partial charge on any atom is 0.251 e. The minimum absolute atomic E-state index is 0.0680. The maximum absolute atomic E-state index is 13.1. The predicted molar refractivity (Wildman–Crippen MR) is 129 cm³/mol. The van der Waals surface area contributed by atoms with Crippen LogP contribution in [0.25, 0.3) is 5.69 Å². The zero-order chi connectivity index (χ0) is 22.7. The molecule has 7 heteroatoms. The Morgan fingerprint density at radius 2 is 1.69 bits per heavy atom. The summed E-state index contributed by atoms with van der Waals surface area (Å²) in [6, 6.07) is 17.6. The minimum atomic E-state index is -0.0778. The monoisotopic (exact) mass is 451 g/mol. The highest BCUT2D eigenvalue weighted by Crippen LogP contribution is 2.23. The van der Waals surface area contributed by atoms with E-state index in [9.17, 15) is 4.79 Å². The standard InChI is InChI=1S/C25H30ClN5O/c1-18-24(26)19(2)31(28-18)22-11-9-21(10-12-22)25(32)27-23(20-7-5-4-6-8-20)17-30-15-13-29(3)14-16-30/h4-12,23H,13-17H2,1-3H3,(H,27,32). The van der Waals surface area contributed by atoms with Crippen LogP contribution in [0.15, 0.2) is 54.6 Å². The molecule has 168 valence electrons. The van der Waals surface area contributed by atoms with Crippen molar-refractivity contribution in [1.29, 1.82) is 0 Å². The Bertz CT molecular complexity index is 1060. The van der Waals surface area contributed by atoms with E-state index < -0.39 is 0 Å². The topological polar surface area (TPSA) is 53.4 Å². The molecule has 0 saturated carbocycles. The number of hydrogen-bond donors (Lipinski definition) is 1. The number of rotatable bonds is 6. The normalized spacial score (nSPS) is 16.1. The Balaban J connectivity index is 1.49. The van der Waals surface area contributed by atoms with Gasteiger partial charge in [-0.25, -0.2) is 4.68 Å². The van der Waals surface area contributed by atoms with Crippen LogP contribution in [-0.4, -0.2) is 65.3 Å². The molecule has 0 spiro atoms. The Kier molecular flexibility index (Phi) is 6.94. The van der Waals surface area contributed by atoms with Gasteiger partial charge >= 0.3 is 0 Å². The third kappa shape index (κ3) is 5.04. The van der Waals surface area contributed by atoms with E-state index in [1.807, 2.05) is 56.3 Å². The highest BCUT2D eigenvalue weighted by molar-refractivity contribution is 6.31. The first kappa shape index (κ1) is 22.5. The summed E-state index contributed by atoms with van der Waals surface area (Å²) in [6.07, 6.45) is 0. The summed E-state index contributed by atoms with van der Waals surface area (Å²) >= 11 is 6.28. The van der Waals surface area contributed by atoms with E-state index in [4.69, 9.17) is 11.6 Å². The van der Waals surface area contributed by atoms with Crippen molar-refractivity contribution < 1.29 is 4.79 Å². The first-order chi connectivity index (χ1) is 15.4. The van der Waals surface area contributed by atoms with Gasteiger partial charge in [0.25, 0.3) is 5.91 Å². The zero-order valence-electron chi connectivity index (χ0n) is 18.9. The van der Waals surface area contributed by atoms with Crippen LogP contribution in [0.2, 0.25) is 5.02 Å². The van der Waals surface area contributed by atoms with Crippen molar-refractivity contribution in [3.8, 4) is 5.69 Å². The number of aromatic nitrogens is 2. The Labute approximate surface area is 194 Å². The molecule has 1 N–H and O–H groups in total. The highest BCUT2D eigenvalue weighted by atomic mass is 35.5. The van der Waals surface area contributed by atoms with Crippen LogP contribution in [0.5, 0.6) is 0 Å². The molecule has 1 aliphatic rings. The molecular formula is C25H30ClN5O. The molecule has 0 radical (unpaired) electrons. The highest BCUT2D eigenvalue weighted by Gasteiger charge is 2.22. The van der Waals surface area contributed by atoms with E-state index in [0.717, 1.165) is 55.4 Å². The van der Waals surface area contributed by atoms with Crippen molar-refractivity contribution in [3.63, 3.8) is 0 Å². The molecule has 1 aromatic heterocycles. The molecule has 3 aromatic rings. The molecule has 4 rings (SSSR count). The molecule has 1 unspecified atom stereocenters. The molecular weight excluding hydrogens is 422 g/mol. The number of carbonyl (C=O) groups is 1. The fraction of sp³-hybridized carbons (Fsp3) is 0.360. The first-order valence-electron chi connectivity index (χ1n) is 11.0. The summed E-state index contributed by atoms with van der Waals surface area (Å²) in [4.78, 5) is 17.9. The molecule has 2 heterocycles. The van der Waals surface area contributed by atoms with Gasteiger partial charge in [0.05, 0.1) is 28.1 Å². The lowest BCUT2D eigenvalue weighted by Gasteiger charge is -2.35. The van der Waals surface area contributed by atoms with E-state index in [-0.39, 0.29) is 11.9 Å². The first-order valence-corrected chi connectivity index (χ1v) is 11.4. The molecule has 0 bridgehead atoms. The van der Waals surface area contributed by atoms with Crippen molar-refractivity contribution >= 4 is 17.5 Å². The van der Waals surface area contributed by atoms with Gasteiger partial charge in [0.15, 0.2) is 0 Å². The van der Waals surface area contributed by atoms with E-state index in [1.54, 1.807) is 4.68 Å². The van der Waals surface area contributed by atoms with Crippen LogP contribution >= 0.6 is 11.6 Å². The lowest BCUT2D eigenvalue weighted by atomic mass is 10.0. The fourth-order valence-corrected chi connectivity index (χ4v) is 4.20. The van der Waals surface area contributed by atoms with Gasteiger partial charge in [0.2, 0.25) is 0 Å². The minimum Gasteiger partial charge on any atom is -0.344 e. The van der Waals surface area contributed by atoms with Gasteiger partial charge in [-0.15, -0.1) is 0 Å². The number of piperazine rings is 1. The number of benzene rings is 2. The van der Waals surface area contributed by atoms with Gasteiger partial charge < -0.3 is 10.2 Å². The van der Waals surface area contributed by atoms with Crippen molar-refractivity contribution in [1.82, 2.24) is 24.9 Å². The third-order valence-corrected chi connectivity index (χ3v) is 6.67. The second-order valence-electron chi connectivity index (χ2n) is 8.48. The van der Waals surface area contributed by atoms with Crippen LogP contribution in [0.3, 0.4) is 0 Å². The summed E-state index contributed by atoms with van der Waals surface area (Å²) in [6.45, 7) is 8.74. The van der Waals surface area contributed by atoms with E-state index in [0.29, 0.717) is 10.6 Å². The average Bonchev–Trinajstić information content (AvgIpc) is 3.08. The second-order valence-corrected chi connectivity index (χ2v) is 8.86. The Hall–Kier alpha value is -2.67. The van der Waals surface area contributed by atoms with E-state index in [2.05, 4.69) is 39.4 Å². The van der Waals surface area contributed by atoms with Crippen molar-refractivity contribution in [2.45, 2.75) is 19.9 Å². The zero-order valence-corrected chi connectivity index (χ0v) is 19.6. The SMILES string of the molecule is Cc1nn(-c2ccc(C(=O)NC(CN3CCN(C)CC3)c3ccccc3)cc2)c(C)c1Cl. The van der Waals surface area contributed by atoms with Crippen LogP contribution in [0, 0.1) is 13.8 Å². The van der Waals surface area contributed by atoms with Crippen LogP contribution < -0.4 is 5.32 Å². The average molecular weight is 452 g/mol. The third-order valence-electron chi connectivity index (χ3n) is 6.12. The number of nitrogens with zero attached hydrogens (tertiary/aromatic N) is 4. The van der Waals surface area contributed by atoms with Crippen LogP contribution in [0.1, 0.15) is 33.4 Å². The molecule has 1 fully saturated rings. The summed E-state index contributed by atoms with van der Waals surface area (Å²) in [5.74, 6) is -0.0778. The quantitative estimate of drug-likeness (QED) is 0.618. The van der Waals surface area contributed by atoms with Crippen molar-refractivity contribution in [2.24, 2.45) is 0 Å². The number of likely N-dealkylation sites (N-methyl/N-ethyl adjacent to an activating group) is 1. The number of carbonyl (C=O) groups excluding carboxylic acids is 1. The van der Waals surface area contributed by atoms with Gasteiger partial charge in [0, 0.05) is 38.3 Å². The molecule has 32 heavy (non-hydrogen) atoms. The van der Waals surface area contributed by atoms with E-state index in [1.165, 1.54) is 0 Å². The lowest BCUT2D eigenvalue weighted by Crippen LogP contribution is -2.47. The summed E-state index contributed by atoms with van der Waals surface area (Å²) < 4.78 is 1.81. The molecule has 1 amide bonds. The van der Waals surface area contributed by atoms with E-state index >= 15 is 0 Å². The molecule has 2 aromatic carbocycles. The summed E-state index contributed by atoms with van der Waals surface area (Å²) in [5.41, 5.74) is 4.30. The Morgan fingerprint density at radius 3 is 2.28 bits per heavy atom. The Morgan fingerprint density at radius 1 is 1.03 bits per heavy atom. The van der Waals surface area contributed by atoms with Crippen molar-refractivity contribution in [2.75, 3.05) is 39.8 Å². The molecule has 0 aliphatic carbocycles. The van der Waals surface area contributed by atoms with Gasteiger partial charge in [-0.3, -0.25) is 9.69 Å². The second kappa shape index (κ2) is 9.86. The molecule has 6 nitrogen and oxygen atoms in total. The summed E-state index contributed by atoms with van der Waals surface area (Å²) in [7, 11) is 2.15. The largest absolute Gasteiger partial charge is 0.344 e. The molecule has 1 saturated heterocycles. The molecule has 1 aliphatic heterocycles. The number of amides is 1. The van der Waals surface area contributed by atoms with Gasteiger partial charge in [-0.05, 0) is 50.7 Å². The maximum atomic E-state index is 13.1. The summed E-state index contributed by atoms with van der Waals surface area (Å²) in [5, 5.41) is 8.41. The smallest absolute Gasteiger partial charge is 0.251 e. The van der Waals surface area contributed by atoms with Crippen LogP contribution in [0.4, 0.5) is 0 Å². The fourth-order valence-electron chi connectivity index (χ4n) is 4.08. The van der Waals surface area contributed by atoms with Gasteiger partial charge in [0.1, 0.15) is 0 Å². The number of halogens is 1. The van der Waals surface area contributed by atoms with Crippen LogP contribution in [-0.2, 0) is 0 Å².